The van der Waals surface area contributed by atoms with Gasteiger partial charge in [-0.05, 0) is 30.5 Å². The maximum absolute atomic E-state index is 8.76. The highest BCUT2D eigenvalue weighted by atomic mass is 32.1. The van der Waals surface area contributed by atoms with Gasteiger partial charge < -0.3 is 5.32 Å². The number of nitriles is 1. The number of hydrogen-bond acceptors (Lipinski definition) is 3. The summed E-state index contributed by atoms with van der Waals surface area (Å²) in [6.45, 7) is 4.11. The van der Waals surface area contributed by atoms with Crippen LogP contribution in [0, 0.1) is 11.3 Å². The molecule has 1 aromatic heterocycles. The maximum Gasteiger partial charge on any atom is 0.100 e. The average molecular weight is 270 g/mol. The maximum atomic E-state index is 8.76. The van der Waals surface area contributed by atoms with Gasteiger partial charge in [0.2, 0.25) is 0 Å². The van der Waals surface area contributed by atoms with Crippen molar-refractivity contribution in [3.05, 3.63) is 57.8 Å². The van der Waals surface area contributed by atoms with Gasteiger partial charge in [0.15, 0.2) is 0 Å². The lowest BCUT2D eigenvalue weighted by Gasteiger charge is -2.11. The first-order valence-corrected chi connectivity index (χ1v) is 7.40. The minimum Gasteiger partial charge on any atom is -0.312 e. The predicted octanol–water partition coefficient (Wildman–Crippen LogP) is 3.90. The SMILES string of the molecule is CC(CCNCc1cc(C#N)cs1)c1ccccc1. The molecule has 0 spiro atoms. The van der Waals surface area contributed by atoms with E-state index in [-0.39, 0.29) is 0 Å². The molecule has 2 nitrogen and oxygen atoms in total. The van der Waals surface area contributed by atoms with Gasteiger partial charge in [-0.2, -0.15) is 5.26 Å². The van der Waals surface area contributed by atoms with Gasteiger partial charge in [0.1, 0.15) is 6.07 Å². The highest BCUT2D eigenvalue weighted by Crippen LogP contribution is 2.18. The van der Waals surface area contributed by atoms with E-state index in [1.54, 1.807) is 11.3 Å². The monoisotopic (exact) mass is 270 g/mol. The van der Waals surface area contributed by atoms with Crippen LogP contribution in [0.2, 0.25) is 0 Å². The van der Waals surface area contributed by atoms with E-state index in [1.165, 1.54) is 10.4 Å². The summed E-state index contributed by atoms with van der Waals surface area (Å²) in [5.41, 5.74) is 2.16. The molecule has 2 aromatic rings. The van der Waals surface area contributed by atoms with Crippen molar-refractivity contribution in [2.24, 2.45) is 0 Å². The molecule has 0 aliphatic carbocycles. The predicted molar refractivity (Wildman–Crippen MR) is 80.2 cm³/mol. The third kappa shape index (κ3) is 4.20. The van der Waals surface area contributed by atoms with Gasteiger partial charge in [0.05, 0.1) is 5.56 Å². The number of thiophene rings is 1. The Labute approximate surface area is 118 Å². The summed E-state index contributed by atoms with van der Waals surface area (Å²) in [4.78, 5) is 1.23. The minimum absolute atomic E-state index is 0.576. The lowest BCUT2D eigenvalue weighted by Crippen LogP contribution is -2.15. The van der Waals surface area contributed by atoms with Crippen molar-refractivity contribution >= 4 is 11.3 Å². The van der Waals surface area contributed by atoms with Gasteiger partial charge in [-0.1, -0.05) is 37.3 Å². The van der Waals surface area contributed by atoms with E-state index in [4.69, 9.17) is 5.26 Å². The van der Waals surface area contributed by atoms with Gasteiger partial charge in [0.25, 0.3) is 0 Å². The van der Waals surface area contributed by atoms with Crippen LogP contribution < -0.4 is 5.32 Å². The first-order chi connectivity index (χ1) is 9.29. The van der Waals surface area contributed by atoms with Gasteiger partial charge in [-0.3, -0.25) is 0 Å². The summed E-state index contributed by atoms with van der Waals surface area (Å²) >= 11 is 1.64. The molecular formula is C16H18N2S. The summed E-state index contributed by atoms with van der Waals surface area (Å²) in [6.07, 6.45) is 1.13. The Bertz CT molecular complexity index is 539. The van der Waals surface area contributed by atoms with Crippen LogP contribution in [-0.4, -0.2) is 6.54 Å². The lowest BCUT2D eigenvalue weighted by molar-refractivity contribution is 0.597. The van der Waals surface area contributed by atoms with Crippen LogP contribution in [0.4, 0.5) is 0 Å². The molecule has 0 saturated carbocycles. The second-order valence-corrected chi connectivity index (χ2v) is 5.69. The Morgan fingerprint density at radius 1 is 1.32 bits per heavy atom. The molecule has 0 saturated heterocycles. The van der Waals surface area contributed by atoms with Crippen LogP contribution in [0.5, 0.6) is 0 Å². The highest BCUT2D eigenvalue weighted by molar-refractivity contribution is 7.10. The van der Waals surface area contributed by atoms with E-state index in [0.29, 0.717) is 5.92 Å². The molecule has 0 bridgehead atoms. The molecule has 3 heteroatoms. The van der Waals surface area contributed by atoms with Gasteiger partial charge in [0, 0.05) is 16.8 Å². The third-order valence-corrected chi connectivity index (χ3v) is 4.14. The first kappa shape index (κ1) is 13.8. The van der Waals surface area contributed by atoms with Crippen molar-refractivity contribution in [1.29, 1.82) is 5.26 Å². The Kier molecular flexibility index (Phi) is 5.14. The van der Waals surface area contributed by atoms with Gasteiger partial charge >= 0.3 is 0 Å². The second kappa shape index (κ2) is 7.08. The first-order valence-electron chi connectivity index (χ1n) is 6.53. The zero-order valence-corrected chi connectivity index (χ0v) is 11.9. The van der Waals surface area contributed by atoms with E-state index in [9.17, 15) is 0 Å². The van der Waals surface area contributed by atoms with Crippen LogP contribution in [0.15, 0.2) is 41.8 Å². The molecule has 1 aromatic carbocycles. The number of benzene rings is 1. The Balaban J connectivity index is 1.71. The summed E-state index contributed by atoms with van der Waals surface area (Å²) in [7, 11) is 0. The van der Waals surface area contributed by atoms with Crippen molar-refractivity contribution < 1.29 is 0 Å². The van der Waals surface area contributed by atoms with Gasteiger partial charge in [-0.15, -0.1) is 11.3 Å². The van der Waals surface area contributed by atoms with Crippen LogP contribution in [-0.2, 0) is 6.54 Å². The third-order valence-electron chi connectivity index (χ3n) is 3.20. The number of hydrogen-bond donors (Lipinski definition) is 1. The Morgan fingerprint density at radius 2 is 2.11 bits per heavy atom. The van der Waals surface area contributed by atoms with E-state index in [0.717, 1.165) is 25.1 Å². The lowest BCUT2D eigenvalue weighted by atomic mass is 9.98. The van der Waals surface area contributed by atoms with Crippen molar-refractivity contribution in [3.63, 3.8) is 0 Å². The molecule has 98 valence electrons. The molecule has 1 heterocycles. The van der Waals surface area contributed by atoms with Crippen LogP contribution in [0.3, 0.4) is 0 Å². The van der Waals surface area contributed by atoms with Crippen molar-refractivity contribution in [2.75, 3.05) is 6.54 Å². The fourth-order valence-electron chi connectivity index (χ4n) is 2.01. The van der Waals surface area contributed by atoms with Crippen molar-refractivity contribution in [1.82, 2.24) is 5.32 Å². The molecule has 0 fully saturated rings. The standard InChI is InChI=1S/C16H18N2S/c1-13(15-5-3-2-4-6-15)7-8-18-11-16-9-14(10-17)12-19-16/h2-6,9,12-13,18H,7-8,11H2,1H3. The molecule has 2 rings (SSSR count). The molecule has 0 amide bonds. The molecular weight excluding hydrogens is 252 g/mol. The normalized spacial score (nSPS) is 12.0. The molecule has 0 aliphatic heterocycles. The zero-order chi connectivity index (χ0) is 13.5. The van der Waals surface area contributed by atoms with E-state index < -0.39 is 0 Å². The van der Waals surface area contributed by atoms with E-state index in [2.05, 4.69) is 48.6 Å². The van der Waals surface area contributed by atoms with Crippen LogP contribution in [0.1, 0.15) is 35.3 Å². The Morgan fingerprint density at radius 3 is 2.79 bits per heavy atom. The van der Waals surface area contributed by atoms with Gasteiger partial charge in [-0.25, -0.2) is 0 Å². The number of nitrogens with one attached hydrogen (secondary N) is 1. The summed E-state index contributed by atoms with van der Waals surface area (Å²) in [6, 6.07) is 14.7. The molecule has 0 radical (unpaired) electrons. The topological polar surface area (TPSA) is 35.8 Å². The summed E-state index contributed by atoms with van der Waals surface area (Å²) in [5.74, 6) is 0.576. The molecule has 1 unspecified atom stereocenters. The largest absolute Gasteiger partial charge is 0.312 e. The molecule has 1 N–H and O–H groups in total. The fraction of sp³-hybridized carbons (Fsp3) is 0.312. The van der Waals surface area contributed by atoms with E-state index >= 15 is 0 Å². The Hall–Kier alpha value is -1.63. The fourth-order valence-corrected chi connectivity index (χ4v) is 2.79. The number of rotatable bonds is 6. The zero-order valence-electron chi connectivity index (χ0n) is 11.1. The minimum atomic E-state index is 0.576. The van der Waals surface area contributed by atoms with Crippen LogP contribution >= 0.6 is 11.3 Å². The average Bonchev–Trinajstić information content (AvgIpc) is 2.92. The molecule has 0 aliphatic rings. The highest BCUT2D eigenvalue weighted by Gasteiger charge is 2.04. The molecule has 1 atom stereocenters. The molecule has 19 heavy (non-hydrogen) atoms. The van der Waals surface area contributed by atoms with Crippen molar-refractivity contribution in [3.8, 4) is 6.07 Å². The number of nitrogens with zero attached hydrogens (tertiary/aromatic N) is 1. The van der Waals surface area contributed by atoms with E-state index in [1.807, 2.05) is 11.4 Å². The smallest absolute Gasteiger partial charge is 0.100 e. The second-order valence-electron chi connectivity index (χ2n) is 4.69. The van der Waals surface area contributed by atoms with Crippen LogP contribution in [0.25, 0.3) is 0 Å². The van der Waals surface area contributed by atoms with Crippen molar-refractivity contribution in [2.45, 2.75) is 25.8 Å². The summed E-state index contributed by atoms with van der Waals surface area (Å²) < 4.78 is 0. The quantitative estimate of drug-likeness (QED) is 0.808. The summed E-state index contributed by atoms with van der Waals surface area (Å²) in [5, 5.41) is 14.1.